The van der Waals surface area contributed by atoms with Crippen LogP contribution in [-0.4, -0.2) is 68.8 Å². The van der Waals surface area contributed by atoms with Gasteiger partial charge < -0.3 is 19.9 Å². The largest absolute Gasteiger partial charge is 0.394 e. The van der Waals surface area contributed by atoms with Gasteiger partial charge in [-0.1, -0.05) is 0 Å². The number of hydrogen-bond acceptors (Lipinski definition) is 5. The van der Waals surface area contributed by atoms with Crippen molar-refractivity contribution in [1.29, 1.82) is 0 Å². The Hall–Kier alpha value is 0.0900. The summed E-state index contributed by atoms with van der Waals surface area (Å²) in [4.78, 5) is 2.37. The van der Waals surface area contributed by atoms with Crippen LogP contribution in [-0.2, 0) is 9.47 Å². The normalized spacial score (nSPS) is 19.1. The first-order valence-corrected chi connectivity index (χ1v) is 5.60. The molecule has 0 bridgehead atoms. The molecule has 0 spiro atoms. The molecule has 6 heteroatoms. The van der Waals surface area contributed by atoms with Crippen molar-refractivity contribution in [2.75, 3.05) is 52.5 Å². The predicted octanol–water partition coefficient (Wildman–Crippen LogP) is -0.315. The third kappa shape index (κ3) is 7.38. The molecule has 1 saturated heterocycles. The fourth-order valence-electron chi connectivity index (χ4n) is 1.55. The molecule has 0 aromatic heterocycles. The van der Waals surface area contributed by atoms with Crippen LogP contribution >= 0.6 is 12.4 Å². The summed E-state index contributed by atoms with van der Waals surface area (Å²) in [6, 6.07) is 0. The highest BCUT2D eigenvalue weighted by Gasteiger charge is 2.09. The van der Waals surface area contributed by atoms with E-state index in [1.54, 1.807) is 0 Å². The molecule has 1 heterocycles. The molecule has 1 aliphatic rings. The Kier molecular flexibility index (Phi) is 10.3. The van der Waals surface area contributed by atoms with Gasteiger partial charge in [-0.15, -0.1) is 12.4 Å². The number of nitrogens with zero attached hydrogens (tertiary/aromatic N) is 1. The predicted molar refractivity (Wildman–Crippen MR) is 65.0 cm³/mol. The molecule has 1 aliphatic heterocycles. The molecular weight excluding hydrogens is 232 g/mol. The number of ether oxygens (including phenoxy) is 2. The molecule has 1 unspecified atom stereocenters. The second-order valence-electron chi connectivity index (χ2n) is 3.62. The lowest BCUT2D eigenvalue weighted by Gasteiger charge is -2.27. The molecule has 98 valence electrons. The Morgan fingerprint density at radius 2 is 1.88 bits per heavy atom. The molecule has 16 heavy (non-hydrogen) atoms. The first kappa shape index (κ1) is 16.1. The van der Waals surface area contributed by atoms with Crippen LogP contribution in [0.1, 0.15) is 6.92 Å². The maximum absolute atomic E-state index is 8.55. The summed E-state index contributed by atoms with van der Waals surface area (Å²) in [7, 11) is 0. The number of halogens is 1. The van der Waals surface area contributed by atoms with Crippen LogP contribution in [0.4, 0.5) is 0 Å². The van der Waals surface area contributed by atoms with E-state index in [4.69, 9.17) is 14.6 Å². The molecular formula is C10H23ClN2O3. The molecule has 0 aromatic rings. The van der Waals surface area contributed by atoms with E-state index in [0.29, 0.717) is 13.2 Å². The molecule has 0 radical (unpaired) electrons. The maximum Gasteiger partial charge on any atom is 0.154 e. The topological polar surface area (TPSA) is 54.0 Å². The zero-order valence-electron chi connectivity index (χ0n) is 9.85. The van der Waals surface area contributed by atoms with Gasteiger partial charge in [0.05, 0.1) is 19.8 Å². The van der Waals surface area contributed by atoms with Crippen LogP contribution in [0.25, 0.3) is 0 Å². The molecule has 2 N–H and O–H groups in total. The van der Waals surface area contributed by atoms with Gasteiger partial charge in [-0.2, -0.15) is 0 Å². The molecule has 1 atom stereocenters. The Morgan fingerprint density at radius 1 is 1.25 bits per heavy atom. The Balaban J connectivity index is 0.00000225. The fourth-order valence-corrected chi connectivity index (χ4v) is 1.55. The summed E-state index contributed by atoms with van der Waals surface area (Å²) in [6.45, 7) is 8.20. The molecule has 1 fully saturated rings. The van der Waals surface area contributed by atoms with Crippen LogP contribution in [0.3, 0.4) is 0 Å². The lowest BCUT2D eigenvalue weighted by atomic mass is 10.4. The smallest absolute Gasteiger partial charge is 0.154 e. The highest BCUT2D eigenvalue weighted by molar-refractivity contribution is 5.85. The minimum Gasteiger partial charge on any atom is -0.394 e. The van der Waals surface area contributed by atoms with E-state index in [9.17, 15) is 0 Å². The van der Waals surface area contributed by atoms with E-state index < -0.39 is 0 Å². The second-order valence-corrected chi connectivity index (χ2v) is 3.62. The van der Waals surface area contributed by atoms with Gasteiger partial charge >= 0.3 is 0 Å². The summed E-state index contributed by atoms with van der Waals surface area (Å²) in [5.74, 6) is 0. The number of rotatable bonds is 7. The summed E-state index contributed by atoms with van der Waals surface area (Å²) < 4.78 is 10.6. The van der Waals surface area contributed by atoms with Gasteiger partial charge in [0.2, 0.25) is 0 Å². The monoisotopic (exact) mass is 254 g/mol. The van der Waals surface area contributed by atoms with Crippen molar-refractivity contribution in [3.63, 3.8) is 0 Å². The molecule has 0 saturated carbocycles. The zero-order valence-corrected chi connectivity index (χ0v) is 10.7. The van der Waals surface area contributed by atoms with Gasteiger partial charge in [0.25, 0.3) is 0 Å². The minimum absolute atomic E-state index is 0. The molecule has 5 nitrogen and oxygen atoms in total. The van der Waals surface area contributed by atoms with E-state index >= 15 is 0 Å². The molecule has 0 aromatic carbocycles. The van der Waals surface area contributed by atoms with Crippen molar-refractivity contribution in [3.05, 3.63) is 0 Å². The molecule has 1 rings (SSSR count). The van der Waals surface area contributed by atoms with Crippen LogP contribution in [0.15, 0.2) is 0 Å². The Morgan fingerprint density at radius 3 is 2.50 bits per heavy atom. The fraction of sp³-hybridized carbons (Fsp3) is 1.00. The first-order chi connectivity index (χ1) is 7.33. The average molecular weight is 255 g/mol. The highest BCUT2D eigenvalue weighted by atomic mass is 35.5. The van der Waals surface area contributed by atoms with E-state index in [2.05, 4.69) is 10.2 Å². The number of aliphatic hydroxyl groups is 1. The Labute approximate surface area is 104 Å². The van der Waals surface area contributed by atoms with Crippen molar-refractivity contribution in [2.24, 2.45) is 0 Å². The summed E-state index contributed by atoms with van der Waals surface area (Å²) >= 11 is 0. The van der Waals surface area contributed by atoms with E-state index in [1.165, 1.54) is 0 Å². The third-order valence-corrected chi connectivity index (χ3v) is 2.41. The number of hydrogen-bond donors (Lipinski definition) is 2. The van der Waals surface area contributed by atoms with Crippen LogP contribution < -0.4 is 5.32 Å². The van der Waals surface area contributed by atoms with Crippen LogP contribution in [0, 0.1) is 0 Å². The standard InChI is InChI=1S/C10H22N2O3.ClH/c1-10(15-9-7-13)14-8-6-12-4-2-11-3-5-12;/h10-11,13H,2-9H2,1H3;1H. The summed E-state index contributed by atoms with van der Waals surface area (Å²) in [5.41, 5.74) is 0. The lowest BCUT2D eigenvalue weighted by Crippen LogP contribution is -2.44. The lowest BCUT2D eigenvalue weighted by molar-refractivity contribution is -0.138. The summed E-state index contributed by atoms with van der Waals surface area (Å²) in [5, 5.41) is 11.9. The SMILES string of the molecule is CC(OCCO)OCCN1CCNCC1.Cl. The molecule has 0 aliphatic carbocycles. The van der Waals surface area contributed by atoms with E-state index in [1.807, 2.05) is 6.92 Å². The first-order valence-electron chi connectivity index (χ1n) is 5.60. The second kappa shape index (κ2) is 10.3. The average Bonchev–Trinajstić information content (AvgIpc) is 2.28. The highest BCUT2D eigenvalue weighted by Crippen LogP contribution is 1.96. The van der Waals surface area contributed by atoms with Gasteiger partial charge in [0.1, 0.15) is 0 Å². The van der Waals surface area contributed by atoms with Gasteiger partial charge in [-0.3, -0.25) is 4.90 Å². The van der Waals surface area contributed by atoms with Crippen molar-refractivity contribution >= 4 is 12.4 Å². The molecule has 0 amide bonds. The number of aliphatic hydroxyl groups excluding tert-OH is 1. The quantitative estimate of drug-likeness (QED) is 0.611. The van der Waals surface area contributed by atoms with Crippen LogP contribution in [0.5, 0.6) is 0 Å². The van der Waals surface area contributed by atoms with Crippen molar-refractivity contribution in [2.45, 2.75) is 13.2 Å². The van der Waals surface area contributed by atoms with Crippen molar-refractivity contribution in [1.82, 2.24) is 10.2 Å². The Bertz CT molecular complexity index is 157. The van der Waals surface area contributed by atoms with Gasteiger partial charge in [0.15, 0.2) is 6.29 Å². The van der Waals surface area contributed by atoms with Crippen LogP contribution in [0.2, 0.25) is 0 Å². The van der Waals surface area contributed by atoms with Gasteiger partial charge in [-0.25, -0.2) is 0 Å². The number of piperazine rings is 1. The zero-order chi connectivity index (χ0) is 10.9. The number of nitrogens with one attached hydrogen (secondary N) is 1. The third-order valence-electron chi connectivity index (χ3n) is 2.41. The maximum atomic E-state index is 8.55. The summed E-state index contributed by atoms with van der Waals surface area (Å²) in [6.07, 6.45) is -0.222. The van der Waals surface area contributed by atoms with Gasteiger partial charge in [-0.05, 0) is 6.92 Å². The van der Waals surface area contributed by atoms with E-state index in [-0.39, 0.29) is 25.3 Å². The van der Waals surface area contributed by atoms with Crippen molar-refractivity contribution < 1.29 is 14.6 Å². The van der Waals surface area contributed by atoms with Gasteiger partial charge in [0, 0.05) is 32.7 Å². The minimum atomic E-state index is -0.222. The van der Waals surface area contributed by atoms with Crippen molar-refractivity contribution in [3.8, 4) is 0 Å². The van der Waals surface area contributed by atoms with E-state index in [0.717, 1.165) is 32.7 Å².